The molecule has 0 aromatic heterocycles. The fourth-order valence-corrected chi connectivity index (χ4v) is 5.36. The summed E-state index contributed by atoms with van der Waals surface area (Å²) in [5.74, 6) is 0.645. The smallest absolute Gasteiger partial charge is 0.281 e. The molecule has 1 aliphatic carbocycles. The fourth-order valence-electron chi connectivity index (χ4n) is 5.36. The van der Waals surface area contributed by atoms with Crippen LogP contribution in [0.2, 0.25) is 0 Å². The number of hydrogen-bond acceptors (Lipinski definition) is 6. The van der Waals surface area contributed by atoms with E-state index in [0.717, 1.165) is 19.4 Å². The van der Waals surface area contributed by atoms with Gasteiger partial charge in [0.1, 0.15) is 11.3 Å². The van der Waals surface area contributed by atoms with Crippen LogP contribution in [0.4, 0.5) is 5.69 Å². The number of nitrogens with zero attached hydrogens (tertiary/aromatic N) is 2. The van der Waals surface area contributed by atoms with Gasteiger partial charge >= 0.3 is 0 Å². The third-order valence-corrected chi connectivity index (χ3v) is 6.77. The zero-order valence-electron chi connectivity index (χ0n) is 18.6. The van der Waals surface area contributed by atoms with Gasteiger partial charge in [0.05, 0.1) is 11.0 Å². The Labute approximate surface area is 183 Å². The van der Waals surface area contributed by atoms with Crippen LogP contribution >= 0.6 is 0 Å². The van der Waals surface area contributed by atoms with E-state index < -0.39 is 11.0 Å². The first-order chi connectivity index (χ1) is 14.8. The number of carbonyl (C=O) groups excluding carboxylic acids is 1. The molecule has 4 unspecified atom stereocenters. The predicted octanol–water partition coefficient (Wildman–Crippen LogP) is 3.97. The standard InChI is InChI=1S/C23H35N3O5/c1-15-12-13-19(22(16(2)27)23(15)26(29)30)31-21(11-5-10-20(24)28)25-14-6-8-17-7-3-4-9-18(17)25/h12-13,16-18,21,27H,3-11,14H2,1-2H3,(H2,24,28). The number of ether oxygens (including phenoxy) is 1. The summed E-state index contributed by atoms with van der Waals surface area (Å²) in [7, 11) is 0. The van der Waals surface area contributed by atoms with Gasteiger partial charge in [-0.1, -0.05) is 12.8 Å². The number of aliphatic hydroxyl groups is 1. The molecular weight excluding hydrogens is 398 g/mol. The molecular formula is C23H35N3O5. The second-order valence-corrected chi connectivity index (χ2v) is 9.00. The Kier molecular flexibility index (Phi) is 7.89. The number of rotatable bonds is 9. The highest BCUT2D eigenvalue weighted by molar-refractivity contribution is 5.73. The fraction of sp³-hybridized carbons (Fsp3) is 0.696. The highest BCUT2D eigenvalue weighted by atomic mass is 16.6. The Morgan fingerprint density at radius 1 is 1.32 bits per heavy atom. The summed E-state index contributed by atoms with van der Waals surface area (Å²) in [6.07, 6.45) is 7.24. The molecule has 1 amide bonds. The molecule has 1 saturated heterocycles. The van der Waals surface area contributed by atoms with Crippen molar-refractivity contribution in [2.75, 3.05) is 6.54 Å². The van der Waals surface area contributed by atoms with Crippen LogP contribution in [0.3, 0.4) is 0 Å². The lowest BCUT2D eigenvalue weighted by Crippen LogP contribution is -2.53. The maximum atomic E-state index is 11.7. The van der Waals surface area contributed by atoms with Gasteiger partial charge in [-0.05, 0) is 70.4 Å². The molecule has 0 bridgehead atoms. The largest absolute Gasteiger partial charge is 0.474 e. The van der Waals surface area contributed by atoms with Gasteiger partial charge in [-0.25, -0.2) is 0 Å². The lowest BCUT2D eigenvalue weighted by atomic mass is 9.78. The molecule has 172 valence electrons. The summed E-state index contributed by atoms with van der Waals surface area (Å²) in [5, 5.41) is 22.1. The normalized spacial score (nSPS) is 23.6. The van der Waals surface area contributed by atoms with Gasteiger partial charge in [0.15, 0.2) is 6.23 Å². The van der Waals surface area contributed by atoms with Crippen molar-refractivity contribution in [3.63, 3.8) is 0 Å². The van der Waals surface area contributed by atoms with Gasteiger partial charge in [0, 0.05) is 24.6 Å². The molecule has 0 spiro atoms. The first kappa shape index (κ1) is 23.5. The van der Waals surface area contributed by atoms with E-state index in [1.54, 1.807) is 19.1 Å². The number of piperidine rings is 1. The quantitative estimate of drug-likeness (QED) is 0.449. The van der Waals surface area contributed by atoms with Crippen molar-refractivity contribution in [2.45, 2.75) is 90.0 Å². The SMILES string of the molecule is Cc1ccc(OC(CCCC(N)=O)N2CCCC3CCCCC32)c(C(C)O)c1[N+](=O)[O-]. The number of likely N-dealkylation sites (tertiary alicyclic amines) is 1. The minimum absolute atomic E-state index is 0.0995. The van der Waals surface area contributed by atoms with Gasteiger partial charge in [0.25, 0.3) is 5.69 Å². The molecule has 8 heteroatoms. The highest BCUT2D eigenvalue weighted by Crippen LogP contribution is 2.40. The lowest BCUT2D eigenvalue weighted by molar-refractivity contribution is -0.386. The molecule has 4 atom stereocenters. The zero-order chi connectivity index (χ0) is 22.5. The maximum absolute atomic E-state index is 11.7. The minimum atomic E-state index is -1.04. The number of hydrogen-bond donors (Lipinski definition) is 2. The molecule has 8 nitrogen and oxygen atoms in total. The maximum Gasteiger partial charge on any atom is 0.281 e. The number of carbonyl (C=O) groups is 1. The van der Waals surface area contributed by atoms with E-state index in [9.17, 15) is 20.0 Å². The van der Waals surface area contributed by atoms with Gasteiger partial charge in [-0.15, -0.1) is 0 Å². The van der Waals surface area contributed by atoms with Crippen LogP contribution in [-0.2, 0) is 4.79 Å². The van der Waals surface area contributed by atoms with E-state index in [-0.39, 0.29) is 29.8 Å². The summed E-state index contributed by atoms with van der Waals surface area (Å²) < 4.78 is 6.43. The average Bonchev–Trinajstić information content (AvgIpc) is 2.72. The van der Waals surface area contributed by atoms with Crippen LogP contribution in [0.1, 0.15) is 81.9 Å². The number of fused-ring (bicyclic) bond motifs is 1. The number of nitro benzene ring substituents is 1. The summed E-state index contributed by atoms with van der Waals surface area (Å²) in [6, 6.07) is 3.81. The van der Waals surface area contributed by atoms with E-state index in [4.69, 9.17) is 10.5 Å². The van der Waals surface area contributed by atoms with E-state index in [2.05, 4.69) is 4.90 Å². The number of nitro groups is 1. The Hall–Kier alpha value is -2.19. The molecule has 31 heavy (non-hydrogen) atoms. The number of aryl methyl sites for hydroxylation is 1. The van der Waals surface area contributed by atoms with E-state index in [0.29, 0.717) is 36.1 Å². The summed E-state index contributed by atoms with van der Waals surface area (Å²) in [5.41, 5.74) is 5.95. The van der Waals surface area contributed by atoms with Gasteiger partial charge < -0.3 is 15.6 Å². The van der Waals surface area contributed by atoms with Crippen LogP contribution in [0.25, 0.3) is 0 Å². The zero-order valence-corrected chi connectivity index (χ0v) is 18.6. The van der Waals surface area contributed by atoms with Crippen LogP contribution in [0.5, 0.6) is 5.75 Å². The van der Waals surface area contributed by atoms with E-state index >= 15 is 0 Å². The van der Waals surface area contributed by atoms with Crippen molar-refractivity contribution >= 4 is 11.6 Å². The highest BCUT2D eigenvalue weighted by Gasteiger charge is 2.38. The molecule has 1 aliphatic heterocycles. The van der Waals surface area contributed by atoms with Crippen molar-refractivity contribution in [2.24, 2.45) is 11.7 Å². The summed E-state index contributed by atoms with van der Waals surface area (Å²) in [4.78, 5) is 24.9. The molecule has 1 aromatic rings. The van der Waals surface area contributed by atoms with Crippen molar-refractivity contribution < 1.29 is 19.6 Å². The van der Waals surface area contributed by atoms with Crippen molar-refractivity contribution in [3.8, 4) is 5.75 Å². The third-order valence-electron chi connectivity index (χ3n) is 6.77. The van der Waals surface area contributed by atoms with Crippen LogP contribution < -0.4 is 10.5 Å². The Balaban J connectivity index is 1.92. The van der Waals surface area contributed by atoms with Crippen molar-refractivity contribution in [1.29, 1.82) is 0 Å². The Bertz CT molecular complexity index is 796. The van der Waals surface area contributed by atoms with E-state index in [1.807, 2.05) is 0 Å². The molecule has 1 aromatic carbocycles. The summed E-state index contributed by atoms with van der Waals surface area (Å²) >= 11 is 0. The van der Waals surface area contributed by atoms with Gasteiger partial charge in [-0.2, -0.15) is 0 Å². The Morgan fingerprint density at radius 3 is 2.71 bits per heavy atom. The monoisotopic (exact) mass is 433 g/mol. The van der Waals surface area contributed by atoms with Gasteiger partial charge in [-0.3, -0.25) is 19.8 Å². The molecule has 2 fully saturated rings. The number of aliphatic hydroxyl groups excluding tert-OH is 1. The number of primary amides is 1. The molecule has 1 saturated carbocycles. The molecule has 2 aliphatic rings. The van der Waals surface area contributed by atoms with Crippen LogP contribution in [-0.4, -0.2) is 39.7 Å². The Morgan fingerprint density at radius 2 is 2.03 bits per heavy atom. The van der Waals surface area contributed by atoms with Crippen LogP contribution in [0, 0.1) is 23.0 Å². The van der Waals surface area contributed by atoms with Crippen LogP contribution in [0.15, 0.2) is 12.1 Å². The predicted molar refractivity (Wildman–Crippen MR) is 118 cm³/mol. The molecule has 3 rings (SSSR count). The summed E-state index contributed by atoms with van der Waals surface area (Å²) in [6.45, 7) is 4.09. The minimum Gasteiger partial charge on any atom is -0.474 e. The average molecular weight is 434 g/mol. The van der Waals surface area contributed by atoms with Crippen molar-refractivity contribution in [1.82, 2.24) is 4.90 Å². The first-order valence-electron chi connectivity index (χ1n) is 11.5. The molecule has 1 heterocycles. The number of nitrogens with two attached hydrogens (primary N) is 1. The number of amides is 1. The lowest BCUT2D eigenvalue weighted by Gasteiger charge is -2.47. The van der Waals surface area contributed by atoms with Crippen molar-refractivity contribution in [3.05, 3.63) is 33.4 Å². The molecule has 3 N–H and O–H groups in total. The number of benzene rings is 1. The second kappa shape index (κ2) is 10.4. The first-order valence-corrected chi connectivity index (χ1v) is 11.5. The van der Waals surface area contributed by atoms with Gasteiger partial charge in [0.2, 0.25) is 5.91 Å². The van der Waals surface area contributed by atoms with E-state index in [1.165, 1.54) is 32.6 Å². The second-order valence-electron chi connectivity index (χ2n) is 9.00. The molecule has 0 radical (unpaired) electrons. The third kappa shape index (κ3) is 5.54. The topological polar surface area (TPSA) is 119 Å².